The highest BCUT2D eigenvalue weighted by molar-refractivity contribution is 5.47. The smallest absolute Gasteiger partial charge is 0.186 e. The third-order valence-electron chi connectivity index (χ3n) is 5.91. The lowest BCUT2D eigenvalue weighted by molar-refractivity contribution is -0.299. The minimum atomic E-state index is -1.41. The van der Waals surface area contributed by atoms with E-state index in [4.69, 9.17) is 14.2 Å². The lowest BCUT2D eigenvalue weighted by Gasteiger charge is -2.42. The van der Waals surface area contributed by atoms with E-state index in [1.165, 1.54) is 7.11 Å². The van der Waals surface area contributed by atoms with Crippen LogP contribution in [-0.2, 0) is 19.8 Å². The number of hydrogen-bond donors (Lipinski definition) is 3. The van der Waals surface area contributed by atoms with Gasteiger partial charge >= 0.3 is 0 Å². The third kappa shape index (κ3) is 4.21. The maximum absolute atomic E-state index is 10.6. The first-order chi connectivity index (χ1) is 15.6. The molecule has 1 aliphatic rings. The molecule has 3 aromatic carbocycles. The summed E-state index contributed by atoms with van der Waals surface area (Å²) in [5, 5.41) is 30.9. The van der Waals surface area contributed by atoms with E-state index in [2.05, 4.69) is 0 Å². The Bertz CT molecular complexity index is 867. The molecule has 6 nitrogen and oxygen atoms in total. The normalized spacial score (nSPS) is 26.1. The van der Waals surface area contributed by atoms with Crippen LogP contribution in [0.2, 0.25) is 0 Å². The molecule has 0 radical (unpaired) electrons. The summed E-state index contributed by atoms with van der Waals surface area (Å²) in [5.41, 5.74) is 1.74. The number of rotatable bonds is 7. The van der Waals surface area contributed by atoms with E-state index in [1.807, 2.05) is 91.0 Å². The van der Waals surface area contributed by atoms with Gasteiger partial charge in [0, 0.05) is 7.11 Å². The molecule has 0 aliphatic carbocycles. The lowest BCUT2D eigenvalue weighted by Crippen LogP contribution is -2.59. The fourth-order valence-electron chi connectivity index (χ4n) is 4.22. The SMILES string of the molecule is CO[C@H]1O[C@H](COC(c2ccccc2)(c2ccccc2)c2ccccc2)[C@@H](O)[C@@H](O)[C@H]1O. The highest BCUT2D eigenvalue weighted by Gasteiger charge is 2.46. The van der Waals surface area contributed by atoms with E-state index in [0.29, 0.717) is 0 Å². The monoisotopic (exact) mass is 436 g/mol. The van der Waals surface area contributed by atoms with Crippen LogP contribution in [0, 0.1) is 0 Å². The molecule has 0 amide bonds. The average molecular weight is 437 g/mol. The van der Waals surface area contributed by atoms with Crippen LogP contribution in [0.4, 0.5) is 0 Å². The summed E-state index contributed by atoms with van der Waals surface area (Å²) in [5.74, 6) is 0. The third-order valence-corrected chi connectivity index (χ3v) is 5.91. The summed E-state index contributed by atoms with van der Waals surface area (Å²) < 4.78 is 17.5. The Morgan fingerprint density at radius 2 is 1.12 bits per heavy atom. The predicted molar refractivity (Wildman–Crippen MR) is 119 cm³/mol. The van der Waals surface area contributed by atoms with Gasteiger partial charge < -0.3 is 29.5 Å². The van der Waals surface area contributed by atoms with Crippen LogP contribution < -0.4 is 0 Å². The van der Waals surface area contributed by atoms with Crippen molar-refractivity contribution in [3.05, 3.63) is 108 Å². The molecule has 0 bridgehead atoms. The second kappa shape index (κ2) is 9.92. The van der Waals surface area contributed by atoms with Crippen LogP contribution in [0.15, 0.2) is 91.0 Å². The van der Waals surface area contributed by atoms with Crippen LogP contribution in [0.3, 0.4) is 0 Å². The molecule has 168 valence electrons. The van der Waals surface area contributed by atoms with Crippen molar-refractivity contribution in [3.63, 3.8) is 0 Å². The first-order valence-electron chi connectivity index (χ1n) is 10.6. The molecule has 0 saturated carbocycles. The topological polar surface area (TPSA) is 88.4 Å². The molecule has 1 saturated heterocycles. The Kier molecular flexibility index (Phi) is 7.01. The van der Waals surface area contributed by atoms with Crippen LogP contribution in [0.5, 0.6) is 0 Å². The highest BCUT2D eigenvalue weighted by atomic mass is 16.7. The molecule has 1 fully saturated rings. The van der Waals surface area contributed by atoms with Gasteiger partial charge in [0.15, 0.2) is 6.29 Å². The van der Waals surface area contributed by atoms with E-state index in [-0.39, 0.29) is 6.61 Å². The van der Waals surface area contributed by atoms with E-state index in [1.54, 1.807) is 0 Å². The van der Waals surface area contributed by atoms with Gasteiger partial charge in [-0.2, -0.15) is 0 Å². The fraction of sp³-hybridized carbons (Fsp3) is 0.308. The molecule has 3 aromatic rings. The predicted octanol–water partition coefficient (Wildman–Crippen LogP) is 2.45. The Labute approximate surface area is 187 Å². The number of methoxy groups -OCH3 is 1. The van der Waals surface area contributed by atoms with Crippen LogP contribution in [0.1, 0.15) is 16.7 Å². The molecule has 5 atom stereocenters. The zero-order valence-corrected chi connectivity index (χ0v) is 17.8. The van der Waals surface area contributed by atoms with Crippen LogP contribution >= 0.6 is 0 Å². The maximum Gasteiger partial charge on any atom is 0.186 e. The molecule has 0 spiro atoms. The Morgan fingerprint density at radius 3 is 1.53 bits per heavy atom. The molecule has 32 heavy (non-hydrogen) atoms. The van der Waals surface area contributed by atoms with Crippen molar-refractivity contribution in [1.82, 2.24) is 0 Å². The van der Waals surface area contributed by atoms with Crippen molar-refractivity contribution in [3.8, 4) is 0 Å². The molecular weight excluding hydrogens is 408 g/mol. The van der Waals surface area contributed by atoms with Gasteiger partial charge in [0.05, 0.1) is 6.61 Å². The summed E-state index contributed by atoms with van der Waals surface area (Å²) in [6, 6.07) is 29.5. The molecule has 1 heterocycles. The zero-order valence-electron chi connectivity index (χ0n) is 17.8. The number of aliphatic hydroxyl groups excluding tert-OH is 3. The lowest BCUT2D eigenvalue weighted by atomic mass is 9.80. The van der Waals surface area contributed by atoms with Gasteiger partial charge in [-0.25, -0.2) is 0 Å². The number of ether oxygens (including phenoxy) is 3. The fourth-order valence-corrected chi connectivity index (χ4v) is 4.22. The van der Waals surface area contributed by atoms with Crippen LogP contribution in [0.25, 0.3) is 0 Å². The van der Waals surface area contributed by atoms with Crippen molar-refractivity contribution < 1.29 is 29.5 Å². The highest BCUT2D eigenvalue weighted by Crippen LogP contribution is 2.41. The molecule has 1 aliphatic heterocycles. The minimum Gasteiger partial charge on any atom is -0.387 e. The first-order valence-corrected chi connectivity index (χ1v) is 10.6. The van der Waals surface area contributed by atoms with E-state index >= 15 is 0 Å². The second-order valence-corrected chi connectivity index (χ2v) is 7.84. The number of hydrogen-bond acceptors (Lipinski definition) is 6. The van der Waals surface area contributed by atoms with Crippen LogP contribution in [-0.4, -0.2) is 59.7 Å². The molecular formula is C26H28O6. The standard InChI is InChI=1S/C26H28O6/c1-30-25-24(29)23(28)22(27)21(32-25)17-31-26(18-11-5-2-6-12-18,19-13-7-3-8-14-19)20-15-9-4-10-16-20/h2-16,21-25,27-29H,17H2,1H3/t21-,22-,23-,24-,25+/m1/s1. The number of aliphatic hydroxyl groups is 3. The van der Waals surface area contributed by atoms with Crippen molar-refractivity contribution in [2.24, 2.45) is 0 Å². The van der Waals surface area contributed by atoms with E-state index in [9.17, 15) is 15.3 Å². The minimum absolute atomic E-state index is 0.0521. The van der Waals surface area contributed by atoms with Crippen molar-refractivity contribution in [1.29, 1.82) is 0 Å². The molecule has 3 N–H and O–H groups in total. The Balaban J connectivity index is 1.77. The average Bonchev–Trinajstić information content (AvgIpc) is 2.86. The van der Waals surface area contributed by atoms with Crippen molar-refractivity contribution in [2.75, 3.05) is 13.7 Å². The van der Waals surface area contributed by atoms with Gasteiger partial charge in [0.1, 0.15) is 30.0 Å². The largest absolute Gasteiger partial charge is 0.387 e. The maximum atomic E-state index is 10.6. The van der Waals surface area contributed by atoms with Gasteiger partial charge in [-0.3, -0.25) is 0 Å². The molecule has 6 heteroatoms. The summed E-state index contributed by atoms with van der Waals surface area (Å²) >= 11 is 0. The van der Waals surface area contributed by atoms with Gasteiger partial charge in [-0.15, -0.1) is 0 Å². The first kappa shape index (κ1) is 22.6. The van der Waals surface area contributed by atoms with Gasteiger partial charge in [0.25, 0.3) is 0 Å². The molecule has 0 aromatic heterocycles. The van der Waals surface area contributed by atoms with Gasteiger partial charge in [-0.1, -0.05) is 91.0 Å². The van der Waals surface area contributed by atoms with E-state index in [0.717, 1.165) is 16.7 Å². The summed E-state index contributed by atoms with van der Waals surface area (Å²) in [6.45, 7) is -0.0521. The number of benzene rings is 3. The Morgan fingerprint density at radius 1 is 0.688 bits per heavy atom. The summed E-state index contributed by atoms with van der Waals surface area (Å²) in [4.78, 5) is 0. The van der Waals surface area contributed by atoms with E-state index < -0.39 is 36.3 Å². The zero-order chi connectivity index (χ0) is 22.6. The van der Waals surface area contributed by atoms with Gasteiger partial charge in [-0.05, 0) is 16.7 Å². The van der Waals surface area contributed by atoms with Crippen molar-refractivity contribution in [2.45, 2.75) is 36.3 Å². The summed E-state index contributed by atoms with van der Waals surface area (Å²) in [7, 11) is 1.37. The molecule has 4 rings (SSSR count). The quantitative estimate of drug-likeness (QED) is 0.493. The van der Waals surface area contributed by atoms with Crippen molar-refractivity contribution >= 4 is 0 Å². The van der Waals surface area contributed by atoms with Gasteiger partial charge in [0.2, 0.25) is 0 Å². The second-order valence-electron chi connectivity index (χ2n) is 7.84. The Hall–Kier alpha value is -2.58. The molecule has 0 unspecified atom stereocenters. The summed E-state index contributed by atoms with van der Waals surface area (Å²) in [6.07, 6.45) is -6.08.